The Morgan fingerprint density at radius 3 is 2.67 bits per heavy atom. The fourth-order valence-electron chi connectivity index (χ4n) is 1.99. The maximum absolute atomic E-state index is 12.2. The van der Waals surface area contributed by atoms with Crippen molar-refractivity contribution in [3.05, 3.63) is 60.6 Å². The van der Waals surface area contributed by atoms with Gasteiger partial charge in [-0.3, -0.25) is 9.78 Å². The van der Waals surface area contributed by atoms with Crippen LogP contribution >= 0.6 is 0 Å². The number of amides is 1. The smallest absolute Gasteiger partial charge is 0.274 e. The number of benzene rings is 1. The summed E-state index contributed by atoms with van der Waals surface area (Å²) >= 11 is 0. The van der Waals surface area contributed by atoms with Gasteiger partial charge in [0.15, 0.2) is 0 Å². The summed E-state index contributed by atoms with van der Waals surface area (Å²) in [5, 5.41) is 3.71. The van der Waals surface area contributed by atoms with E-state index in [2.05, 4.69) is 15.3 Å². The Morgan fingerprint density at radius 1 is 1.10 bits per heavy atom. The predicted molar refractivity (Wildman–Crippen MR) is 80.5 cm³/mol. The first-order valence-electron chi connectivity index (χ1n) is 6.42. The summed E-state index contributed by atoms with van der Waals surface area (Å²) < 4.78 is 5.17. The van der Waals surface area contributed by atoms with Crippen molar-refractivity contribution in [1.29, 1.82) is 0 Å². The van der Waals surface area contributed by atoms with Crippen molar-refractivity contribution in [3.8, 4) is 5.75 Å². The van der Waals surface area contributed by atoms with E-state index < -0.39 is 0 Å². The third kappa shape index (κ3) is 2.81. The van der Waals surface area contributed by atoms with Gasteiger partial charge >= 0.3 is 0 Å². The van der Waals surface area contributed by atoms with Crippen LogP contribution in [0.5, 0.6) is 5.75 Å². The van der Waals surface area contributed by atoms with Crippen LogP contribution in [-0.4, -0.2) is 23.0 Å². The van der Waals surface area contributed by atoms with E-state index in [-0.39, 0.29) is 5.91 Å². The van der Waals surface area contributed by atoms with E-state index in [1.807, 2.05) is 24.3 Å². The Labute approximate surface area is 121 Å². The highest BCUT2D eigenvalue weighted by molar-refractivity contribution is 6.04. The maximum Gasteiger partial charge on any atom is 0.274 e. The molecule has 1 aromatic carbocycles. The minimum Gasteiger partial charge on any atom is -0.497 e. The second kappa shape index (κ2) is 5.58. The topological polar surface area (TPSA) is 64.1 Å². The quantitative estimate of drug-likeness (QED) is 0.800. The molecule has 0 unspecified atom stereocenters. The highest BCUT2D eigenvalue weighted by Crippen LogP contribution is 2.19. The van der Waals surface area contributed by atoms with E-state index in [1.54, 1.807) is 37.7 Å². The maximum atomic E-state index is 12.2. The SMILES string of the molecule is COc1ccc2nc(C(=O)Nc3ccncc3)ccc2c1. The van der Waals surface area contributed by atoms with E-state index in [9.17, 15) is 4.79 Å². The summed E-state index contributed by atoms with van der Waals surface area (Å²) in [4.78, 5) is 20.4. The zero-order chi connectivity index (χ0) is 14.7. The molecule has 0 bridgehead atoms. The van der Waals surface area contributed by atoms with Gasteiger partial charge in [0.2, 0.25) is 0 Å². The molecular weight excluding hydrogens is 266 g/mol. The molecule has 5 heteroatoms. The number of ether oxygens (including phenoxy) is 1. The summed E-state index contributed by atoms with van der Waals surface area (Å²) in [6.07, 6.45) is 3.24. The Kier molecular flexibility index (Phi) is 3.47. The van der Waals surface area contributed by atoms with Gasteiger partial charge in [-0.05, 0) is 36.4 Å². The lowest BCUT2D eigenvalue weighted by molar-refractivity contribution is 0.102. The van der Waals surface area contributed by atoms with Crippen LogP contribution in [0.25, 0.3) is 10.9 Å². The summed E-state index contributed by atoms with van der Waals surface area (Å²) in [5.74, 6) is 0.511. The molecule has 5 nitrogen and oxygen atoms in total. The van der Waals surface area contributed by atoms with Crippen LogP contribution in [0.1, 0.15) is 10.5 Å². The van der Waals surface area contributed by atoms with Crippen molar-refractivity contribution in [1.82, 2.24) is 9.97 Å². The summed E-state index contributed by atoms with van der Waals surface area (Å²) in [6.45, 7) is 0. The molecule has 1 N–H and O–H groups in total. The third-order valence-electron chi connectivity index (χ3n) is 3.07. The first-order chi connectivity index (χ1) is 10.3. The van der Waals surface area contributed by atoms with Gasteiger partial charge in [-0.15, -0.1) is 0 Å². The van der Waals surface area contributed by atoms with Crippen molar-refractivity contribution in [2.75, 3.05) is 12.4 Å². The molecule has 3 rings (SSSR count). The van der Waals surface area contributed by atoms with Crippen molar-refractivity contribution in [3.63, 3.8) is 0 Å². The fraction of sp³-hybridized carbons (Fsp3) is 0.0625. The highest BCUT2D eigenvalue weighted by atomic mass is 16.5. The van der Waals surface area contributed by atoms with Crippen LogP contribution in [0.4, 0.5) is 5.69 Å². The van der Waals surface area contributed by atoms with E-state index >= 15 is 0 Å². The second-order valence-corrected chi connectivity index (χ2v) is 4.45. The molecule has 3 aromatic rings. The number of carbonyl (C=O) groups excluding carboxylic acids is 1. The van der Waals surface area contributed by atoms with E-state index in [0.717, 1.165) is 16.7 Å². The number of rotatable bonds is 3. The van der Waals surface area contributed by atoms with Crippen LogP contribution in [-0.2, 0) is 0 Å². The minimum absolute atomic E-state index is 0.251. The number of carbonyl (C=O) groups is 1. The number of aromatic nitrogens is 2. The van der Waals surface area contributed by atoms with Gasteiger partial charge in [0.25, 0.3) is 5.91 Å². The molecule has 104 valence electrons. The number of hydrogen-bond acceptors (Lipinski definition) is 4. The minimum atomic E-state index is -0.251. The molecule has 1 amide bonds. The molecule has 0 saturated carbocycles. The average Bonchev–Trinajstić information content (AvgIpc) is 2.54. The Hall–Kier alpha value is -2.95. The van der Waals surface area contributed by atoms with Crippen molar-refractivity contribution in [2.45, 2.75) is 0 Å². The number of pyridine rings is 2. The zero-order valence-corrected chi connectivity index (χ0v) is 11.4. The molecule has 0 aliphatic carbocycles. The van der Waals surface area contributed by atoms with E-state index in [0.29, 0.717) is 11.4 Å². The Morgan fingerprint density at radius 2 is 1.90 bits per heavy atom. The lowest BCUT2D eigenvalue weighted by Crippen LogP contribution is -2.13. The van der Waals surface area contributed by atoms with Gasteiger partial charge in [-0.2, -0.15) is 0 Å². The van der Waals surface area contributed by atoms with Crippen LogP contribution in [0, 0.1) is 0 Å². The molecule has 21 heavy (non-hydrogen) atoms. The number of nitrogens with one attached hydrogen (secondary N) is 1. The van der Waals surface area contributed by atoms with Gasteiger partial charge in [-0.1, -0.05) is 6.07 Å². The molecule has 0 saturated heterocycles. The monoisotopic (exact) mass is 279 g/mol. The lowest BCUT2D eigenvalue weighted by atomic mass is 10.2. The number of fused-ring (bicyclic) bond motifs is 1. The summed E-state index contributed by atoms with van der Waals surface area (Å²) in [5.41, 5.74) is 1.80. The Balaban J connectivity index is 1.88. The summed E-state index contributed by atoms with van der Waals surface area (Å²) in [6, 6.07) is 12.5. The standard InChI is InChI=1S/C16H13N3O2/c1-21-13-3-5-14-11(10-13)2-4-15(19-14)16(20)18-12-6-8-17-9-7-12/h2-10H,1H3,(H,17,18,20). The number of anilines is 1. The van der Waals surface area contributed by atoms with Gasteiger partial charge in [-0.25, -0.2) is 4.98 Å². The average molecular weight is 279 g/mol. The second-order valence-electron chi connectivity index (χ2n) is 4.45. The molecule has 2 aromatic heterocycles. The Bertz CT molecular complexity index is 788. The van der Waals surface area contributed by atoms with Crippen molar-refractivity contribution in [2.24, 2.45) is 0 Å². The number of nitrogens with zero attached hydrogens (tertiary/aromatic N) is 2. The van der Waals surface area contributed by atoms with Crippen molar-refractivity contribution >= 4 is 22.5 Å². The van der Waals surface area contributed by atoms with Gasteiger partial charge in [0.1, 0.15) is 11.4 Å². The molecule has 2 heterocycles. The van der Waals surface area contributed by atoms with Crippen LogP contribution in [0.3, 0.4) is 0 Å². The molecule has 0 atom stereocenters. The van der Waals surface area contributed by atoms with Gasteiger partial charge in [0, 0.05) is 23.5 Å². The molecular formula is C16H13N3O2. The van der Waals surface area contributed by atoms with E-state index in [4.69, 9.17) is 4.74 Å². The molecule has 0 spiro atoms. The lowest BCUT2D eigenvalue weighted by Gasteiger charge is -2.06. The summed E-state index contributed by atoms with van der Waals surface area (Å²) in [7, 11) is 1.62. The molecule has 0 radical (unpaired) electrons. The predicted octanol–water partition coefficient (Wildman–Crippen LogP) is 2.89. The van der Waals surface area contributed by atoms with Crippen LogP contribution in [0.2, 0.25) is 0 Å². The van der Waals surface area contributed by atoms with Crippen molar-refractivity contribution < 1.29 is 9.53 Å². The van der Waals surface area contributed by atoms with Crippen LogP contribution in [0.15, 0.2) is 54.9 Å². The van der Waals surface area contributed by atoms with Gasteiger partial charge < -0.3 is 10.1 Å². The molecule has 0 aliphatic rings. The fourth-order valence-corrected chi connectivity index (χ4v) is 1.99. The normalized spacial score (nSPS) is 10.3. The third-order valence-corrected chi connectivity index (χ3v) is 3.07. The van der Waals surface area contributed by atoms with Crippen LogP contribution < -0.4 is 10.1 Å². The van der Waals surface area contributed by atoms with E-state index in [1.165, 1.54) is 0 Å². The molecule has 0 fully saturated rings. The highest BCUT2D eigenvalue weighted by Gasteiger charge is 2.09. The molecule has 0 aliphatic heterocycles. The number of methoxy groups -OCH3 is 1. The van der Waals surface area contributed by atoms with Gasteiger partial charge in [0.05, 0.1) is 12.6 Å². The largest absolute Gasteiger partial charge is 0.497 e. The first-order valence-corrected chi connectivity index (χ1v) is 6.42. The first kappa shape index (κ1) is 13.1. The number of hydrogen-bond donors (Lipinski definition) is 1. The zero-order valence-electron chi connectivity index (χ0n) is 11.4.